The van der Waals surface area contributed by atoms with Crippen LogP contribution in [0.2, 0.25) is 0 Å². The normalized spacial score (nSPS) is 19.8. The molecule has 1 saturated heterocycles. The largest absolute Gasteiger partial charge is 0.369 e. The standard InChI is InChI=1S/C17H26N4O/c1-20-9-11-21(12-10-20)16-7-5-15(6-8-16)17(22)19-18-13-14-3-2-4-14/h5-8,14,18H,2-4,9-13H2,1H3,(H,19,22). The molecule has 1 aromatic carbocycles. The van der Waals surface area contributed by atoms with Gasteiger partial charge in [0.1, 0.15) is 0 Å². The van der Waals surface area contributed by atoms with Crippen LogP contribution in [-0.4, -0.2) is 50.6 Å². The molecule has 22 heavy (non-hydrogen) atoms. The van der Waals surface area contributed by atoms with Crippen LogP contribution in [0.25, 0.3) is 0 Å². The number of carbonyl (C=O) groups excluding carboxylic acids is 1. The summed E-state index contributed by atoms with van der Waals surface area (Å²) in [6.07, 6.45) is 3.89. The first-order chi connectivity index (χ1) is 10.7. The van der Waals surface area contributed by atoms with Gasteiger partial charge in [0.25, 0.3) is 5.91 Å². The zero-order valence-electron chi connectivity index (χ0n) is 13.3. The van der Waals surface area contributed by atoms with Gasteiger partial charge in [0.05, 0.1) is 0 Å². The monoisotopic (exact) mass is 302 g/mol. The zero-order valence-corrected chi connectivity index (χ0v) is 13.3. The minimum Gasteiger partial charge on any atom is -0.369 e. The number of amides is 1. The summed E-state index contributed by atoms with van der Waals surface area (Å²) in [6.45, 7) is 5.15. The molecule has 0 unspecified atom stereocenters. The Morgan fingerprint density at radius 1 is 1.14 bits per heavy atom. The molecule has 120 valence electrons. The van der Waals surface area contributed by atoms with Crippen molar-refractivity contribution in [2.24, 2.45) is 5.92 Å². The maximum absolute atomic E-state index is 12.1. The third-order valence-electron chi connectivity index (χ3n) is 4.82. The number of benzene rings is 1. The highest BCUT2D eigenvalue weighted by molar-refractivity contribution is 5.94. The highest BCUT2D eigenvalue weighted by Gasteiger charge is 2.17. The second-order valence-corrected chi connectivity index (χ2v) is 6.47. The summed E-state index contributed by atoms with van der Waals surface area (Å²) < 4.78 is 0. The zero-order chi connectivity index (χ0) is 15.4. The van der Waals surface area contributed by atoms with E-state index in [1.807, 2.05) is 24.3 Å². The van der Waals surface area contributed by atoms with Gasteiger partial charge in [-0.3, -0.25) is 10.2 Å². The lowest BCUT2D eigenvalue weighted by molar-refractivity contribution is 0.0926. The van der Waals surface area contributed by atoms with Crippen molar-refractivity contribution < 1.29 is 4.79 Å². The lowest BCUT2D eigenvalue weighted by Crippen LogP contribution is -2.44. The van der Waals surface area contributed by atoms with Crippen LogP contribution in [0.15, 0.2) is 24.3 Å². The Kier molecular flexibility index (Phi) is 4.95. The molecule has 1 amide bonds. The Morgan fingerprint density at radius 2 is 1.82 bits per heavy atom. The van der Waals surface area contributed by atoms with Crippen molar-refractivity contribution in [1.29, 1.82) is 0 Å². The van der Waals surface area contributed by atoms with Crippen LogP contribution in [0.4, 0.5) is 5.69 Å². The fraction of sp³-hybridized carbons (Fsp3) is 0.588. The van der Waals surface area contributed by atoms with E-state index in [4.69, 9.17) is 0 Å². The van der Waals surface area contributed by atoms with Crippen molar-refractivity contribution in [2.45, 2.75) is 19.3 Å². The first-order valence-corrected chi connectivity index (χ1v) is 8.29. The number of likely N-dealkylation sites (N-methyl/N-ethyl adjacent to an activating group) is 1. The van der Waals surface area contributed by atoms with Gasteiger partial charge in [-0.15, -0.1) is 0 Å². The van der Waals surface area contributed by atoms with Gasteiger partial charge in [-0.25, -0.2) is 5.43 Å². The van der Waals surface area contributed by atoms with Gasteiger partial charge >= 0.3 is 0 Å². The van der Waals surface area contributed by atoms with Crippen LogP contribution in [0, 0.1) is 5.92 Å². The molecule has 0 atom stereocenters. The minimum absolute atomic E-state index is 0.0516. The van der Waals surface area contributed by atoms with Crippen LogP contribution in [0.3, 0.4) is 0 Å². The summed E-state index contributed by atoms with van der Waals surface area (Å²) in [4.78, 5) is 16.8. The van der Waals surface area contributed by atoms with E-state index < -0.39 is 0 Å². The van der Waals surface area contributed by atoms with E-state index >= 15 is 0 Å². The molecular formula is C17H26N4O. The lowest BCUT2D eigenvalue weighted by Gasteiger charge is -2.34. The second-order valence-electron chi connectivity index (χ2n) is 6.47. The minimum atomic E-state index is -0.0516. The number of hydrogen-bond donors (Lipinski definition) is 2. The number of carbonyl (C=O) groups is 1. The fourth-order valence-electron chi connectivity index (χ4n) is 2.93. The first kappa shape index (κ1) is 15.3. The molecule has 2 aliphatic rings. The van der Waals surface area contributed by atoms with Gasteiger partial charge in [-0.2, -0.15) is 0 Å². The molecule has 1 saturated carbocycles. The van der Waals surface area contributed by atoms with Gasteiger partial charge in [0.15, 0.2) is 0 Å². The van der Waals surface area contributed by atoms with Crippen LogP contribution < -0.4 is 15.8 Å². The van der Waals surface area contributed by atoms with E-state index in [0.717, 1.165) is 38.6 Å². The van der Waals surface area contributed by atoms with Crippen LogP contribution >= 0.6 is 0 Å². The quantitative estimate of drug-likeness (QED) is 0.809. The summed E-state index contributed by atoms with van der Waals surface area (Å²) in [5, 5.41) is 0. The molecule has 1 heterocycles. The van der Waals surface area contributed by atoms with E-state index in [1.165, 1.54) is 24.9 Å². The number of piperazine rings is 1. The van der Waals surface area contributed by atoms with Crippen molar-refractivity contribution in [3.63, 3.8) is 0 Å². The SMILES string of the molecule is CN1CCN(c2ccc(C(=O)NNCC3CCC3)cc2)CC1. The third kappa shape index (κ3) is 3.78. The number of anilines is 1. The van der Waals surface area contributed by atoms with Gasteiger partial charge in [-0.1, -0.05) is 6.42 Å². The van der Waals surface area contributed by atoms with E-state index in [1.54, 1.807) is 0 Å². The summed E-state index contributed by atoms with van der Waals surface area (Å²) in [7, 11) is 2.15. The Bertz CT molecular complexity index is 490. The molecule has 0 spiro atoms. The molecule has 3 rings (SSSR count). The topological polar surface area (TPSA) is 47.6 Å². The van der Waals surface area contributed by atoms with Crippen molar-refractivity contribution in [3.05, 3.63) is 29.8 Å². The third-order valence-corrected chi connectivity index (χ3v) is 4.82. The lowest BCUT2D eigenvalue weighted by atomic mass is 9.86. The van der Waals surface area contributed by atoms with Crippen LogP contribution in [-0.2, 0) is 0 Å². The Hall–Kier alpha value is -1.59. The second kappa shape index (κ2) is 7.11. The Labute approximate surface area is 132 Å². The number of nitrogens with zero attached hydrogens (tertiary/aromatic N) is 2. The summed E-state index contributed by atoms with van der Waals surface area (Å²) in [5.41, 5.74) is 7.75. The molecule has 5 heteroatoms. The van der Waals surface area contributed by atoms with Gasteiger partial charge in [-0.05, 0) is 50.1 Å². The van der Waals surface area contributed by atoms with Gasteiger partial charge in [0, 0.05) is 44.0 Å². The molecular weight excluding hydrogens is 276 g/mol. The molecule has 2 fully saturated rings. The maximum Gasteiger partial charge on any atom is 0.265 e. The highest BCUT2D eigenvalue weighted by Crippen LogP contribution is 2.24. The van der Waals surface area contributed by atoms with Gasteiger partial charge in [0.2, 0.25) is 0 Å². The van der Waals surface area contributed by atoms with Crippen LogP contribution in [0.1, 0.15) is 29.6 Å². The van der Waals surface area contributed by atoms with E-state index in [0.29, 0.717) is 5.56 Å². The van der Waals surface area contributed by atoms with E-state index in [9.17, 15) is 4.79 Å². The predicted molar refractivity (Wildman–Crippen MR) is 89.0 cm³/mol. The van der Waals surface area contributed by atoms with Crippen molar-refractivity contribution in [1.82, 2.24) is 15.8 Å². The molecule has 1 aliphatic carbocycles. The van der Waals surface area contributed by atoms with Crippen LogP contribution in [0.5, 0.6) is 0 Å². The first-order valence-electron chi connectivity index (χ1n) is 8.29. The van der Waals surface area contributed by atoms with E-state index in [-0.39, 0.29) is 5.91 Å². The predicted octanol–water partition coefficient (Wildman–Crippen LogP) is 1.47. The molecule has 1 aliphatic heterocycles. The van der Waals surface area contributed by atoms with E-state index in [2.05, 4.69) is 27.7 Å². The average Bonchev–Trinajstić information content (AvgIpc) is 2.50. The molecule has 0 radical (unpaired) electrons. The van der Waals surface area contributed by atoms with Crippen molar-refractivity contribution in [2.75, 3.05) is 44.7 Å². The molecule has 2 N–H and O–H groups in total. The summed E-state index contributed by atoms with van der Waals surface area (Å²) >= 11 is 0. The number of hydrazine groups is 1. The molecule has 0 bridgehead atoms. The number of rotatable bonds is 5. The Morgan fingerprint density at radius 3 is 2.41 bits per heavy atom. The molecule has 0 aromatic heterocycles. The average molecular weight is 302 g/mol. The smallest absolute Gasteiger partial charge is 0.265 e. The fourth-order valence-corrected chi connectivity index (χ4v) is 2.93. The Balaban J connectivity index is 1.48. The van der Waals surface area contributed by atoms with Crippen molar-refractivity contribution >= 4 is 11.6 Å². The van der Waals surface area contributed by atoms with Crippen molar-refractivity contribution in [3.8, 4) is 0 Å². The highest BCUT2D eigenvalue weighted by atomic mass is 16.2. The number of hydrogen-bond acceptors (Lipinski definition) is 4. The molecule has 5 nitrogen and oxygen atoms in total. The summed E-state index contributed by atoms with van der Waals surface area (Å²) in [6, 6.07) is 7.92. The number of nitrogens with one attached hydrogen (secondary N) is 2. The maximum atomic E-state index is 12.1. The molecule has 1 aromatic rings. The van der Waals surface area contributed by atoms with Gasteiger partial charge < -0.3 is 9.80 Å². The summed E-state index contributed by atoms with van der Waals surface area (Å²) in [5.74, 6) is 0.684.